The molecule has 0 fully saturated rings. The number of benzene rings is 2. The van der Waals surface area contributed by atoms with Crippen LogP contribution in [0.15, 0.2) is 73.1 Å². The Hall–Kier alpha value is -4.68. The van der Waals surface area contributed by atoms with Crippen LogP contribution in [0.25, 0.3) is 33.0 Å². The Morgan fingerprint density at radius 2 is 1.85 bits per heavy atom. The summed E-state index contributed by atoms with van der Waals surface area (Å²) in [6.45, 7) is 0. The Morgan fingerprint density at radius 1 is 1.03 bits per heavy atom. The molecule has 0 aliphatic rings. The van der Waals surface area contributed by atoms with Crippen LogP contribution in [0, 0.1) is 11.3 Å². The molecular formula is C25H16N6O2S. The van der Waals surface area contributed by atoms with Gasteiger partial charge in [-0.3, -0.25) is 15.1 Å². The maximum atomic E-state index is 13.1. The summed E-state index contributed by atoms with van der Waals surface area (Å²) in [6, 6.07) is 20.0. The zero-order valence-corrected chi connectivity index (χ0v) is 18.7. The Morgan fingerprint density at radius 3 is 2.65 bits per heavy atom. The standard InChI is InChI=1S/C25H16N6O2S/c1-33-20-7-3-2-5-17(20)21-18(6-4-12-27-21)23(32)31-25-30-22-24(34-25)29-19(14-28-22)16-10-8-15(13-26)9-11-16/h2-12,14H,1H3,(H,28,30,31,32). The Balaban J connectivity index is 1.44. The lowest BCUT2D eigenvalue weighted by atomic mass is 10.0. The molecule has 164 valence electrons. The number of carbonyl (C=O) groups is 1. The van der Waals surface area contributed by atoms with Gasteiger partial charge in [-0.2, -0.15) is 10.2 Å². The minimum atomic E-state index is -0.347. The van der Waals surface area contributed by atoms with Crippen LogP contribution in [-0.2, 0) is 0 Å². The van der Waals surface area contributed by atoms with Crippen molar-refractivity contribution in [2.45, 2.75) is 0 Å². The van der Waals surface area contributed by atoms with E-state index in [0.717, 1.165) is 11.1 Å². The van der Waals surface area contributed by atoms with Gasteiger partial charge in [-0.25, -0.2) is 9.97 Å². The van der Waals surface area contributed by atoms with E-state index in [4.69, 9.17) is 10.00 Å². The highest BCUT2D eigenvalue weighted by molar-refractivity contribution is 7.21. The molecule has 3 heterocycles. The first-order valence-corrected chi connectivity index (χ1v) is 11.0. The van der Waals surface area contributed by atoms with E-state index in [0.29, 0.717) is 43.9 Å². The number of pyridine rings is 1. The van der Waals surface area contributed by atoms with Gasteiger partial charge < -0.3 is 4.74 Å². The summed E-state index contributed by atoms with van der Waals surface area (Å²) < 4.78 is 5.44. The van der Waals surface area contributed by atoms with E-state index in [1.807, 2.05) is 36.4 Å². The van der Waals surface area contributed by atoms with Crippen molar-refractivity contribution in [1.82, 2.24) is 19.9 Å². The van der Waals surface area contributed by atoms with Crippen LogP contribution in [0.5, 0.6) is 5.75 Å². The summed E-state index contributed by atoms with van der Waals surface area (Å²) in [4.78, 5) is 31.6. The van der Waals surface area contributed by atoms with Gasteiger partial charge in [0.05, 0.1) is 41.9 Å². The van der Waals surface area contributed by atoms with E-state index in [1.54, 1.807) is 43.8 Å². The Bertz CT molecular complexity index is 1560. The number of ether oxygens (including phenoxy) is 1. The van der Waals surface area contributed by atoms with Gasteiger partial charge in [-0.1, -0.05) is 35.6 Å². The molecule has 0 aliphatic heterocycles. The monoisotopic (exact) mass is 464 g/mol. The molecule has 0 unspecified atom stereocenters. The fraction of sp³-hybridized carbons (Fsp3) is 0.0400. The third-order valence-corrected chi connectivity index (χ3v) is 5.92. The van der Waals surface area contributed by atoms with Gasteiger partial charge in [-0.05, 0) is 36.4 Å². The molecule has 1 amide bonds. The molecule has 8 nitrogen and oxygen atoms in total. The Kier molecular flexibility index (Phi) is 5.64. The molecular weight excluding hydrogens is 448 g/mol. The van der Waals surface area contributed by atoms with Gasteiger partial charge in [0, 0.05) is 17.3 Å². The number of nitrogens with one attached hydrogen (secondary N) is 1. The van der Waals surface area contributed by atoms with Crippen molar-refractivity contribution < 1.29 is 9.53 Å². The van der Waals surface area contributed by atoms with Crippen LogP contribution in [-0.4, -0.2) is 33.0 Å². The maximum Gasteiger partial charge on any atom is 0.259 e. The summed E-state index contributed by atoms with van der Waals surface area (Å²) >= 11 is 1.23. The average Bonchev–Trinajstić information content (AvgIpc) is 3.30. The fourth-order valence-corrected chi connectivity index (χ4v) is 4.23. The molecule has 0 atom stereocenters. The quantitative estimate of drug-likeness (QED) is 0.391. The first-order chi connectivity index (χ1) is 16.7. The minimum absolute atomic E-state index is 0.347. The number of rotatable bonds is 5. The number of amides is 1. The molecule has 0 saturated heterocycles. The fourth-order valence-electron chi connectivity index (χ4n) is 3.44. The van der Waals surface area contributed by atoms with Crippen LogP contribution in [0.4, 0.5) is 5.13 Å². The van der Waals surface area contributed by atoms with Gasteiger partial charge in [0.1, 0.15) is 5.75 Å². The second-order valence-corrected chi connectivity index (χ2v) is 8.12. The largest absolute Gasteiger partial charge is 0.496 e. The molecule has 5 aromatic rings. The number of hydrogen-bond acceptors (Lipinski definition) is 8. The lowest BCUT2D eigenvalue weighted by Gasteiger charge is -2.11. The summed E-state index contributed by atoms with van der Waals surface area (Å²) in [5.74, 6) is 0.277. The molecule has 3 aromatic heterocycles. The molecule has 0 radical (unpaired) electrons. The highest BCUT2D eigenvalue weighted by atomic mass is 32.1. The van der Waals surface area contributed by atoms with Crippen molar-refractivity contribution in [2.24, 2.45) is 0 Å². The van der Waals surface area contributed by atoms with Gasteiger partial charge in [-0.15, -0.1) is 0 Å². The molecule has 2 aromatic carbocycles. The first-order valence-electron chi connectivity index (χ1n) is 10.2. The highest BCUT2D eigenvalue weighted by Gasteiger charge is 2.18. The maximum absolute atomic E-state index is 13.1. The summed E-state index contributed by atoms with van der Waals surface area (Å²) in [5, 5.41) is 12.2. The lowest BCUT2D eigenvalue weighted by Crippen LogP contribution is -2.13. The number of carbonyl (C=O) groups excluding carboxylic acids is 1. The number of anilines is 1. The minimum Gasteiger partial charge on any atom is -0.496 e. The molecule has 0 bridgehead atoms. The predicted molar refractivity (Wildman–Crippen MR) is 130 cm³/mol. The number of nitriles is 1. The number of hydrogen-bond donors (Lipinski definition) is 1. The SMILES string of the molecule is COc1ccccc1-c1ncccc1C(=O)Nc1nc2ncc(-c3ccc(C#N)cc3)nc2s1. The zero-order chi connectivity index (χ0) is 23.5. The van der Waals surface area contributed by atoms with Gasteiger partial charge in [0.15, 0.2) is 15.6 Å². The number of para-hydroxylation sites is 1. The third kappa shape index (κ3) is 4.05. The number of nitrogens with zero attached hydrogens (tertiary/aromatic N) is 5. The molecule has 34 heavy (non-hydrogen) atoms. The second-order valence-electron chi connectivity index (χ2n) is 7.15. The highest BCUT2D eigenvalue weighted by Crippen LogP contribution is 2.31. The number of fused-ring (bicyclic) bond motifs is 1. The molecule has 0 saturated carbocycles. The van der Waals surface area contributed by atoms with E-state index in [1.165, 1.54) is 11.3 Å². The molecule has 0 aliphatic carbocycles. The topological polar surface area (TPSA) is 114 Å². The smallest absolute Gasteiger partial charge is 0.259 e. The van der Waals surface area contributed by atoms with Crippen molar-refractivity contribution in [3.8, 4) is 34.3 Å². The normalized spacial score (nSPS) is 10.6. The first kappa shape index (κ1) is 21.2. The molecule has 5 rings (SSSR count). The Labute approximate surface area is 198 Å². The number of methoxy groups -OCH3 is 1. The van der Waals surface area contributed by atoms with E-state index in [2.05, 4.69) is 31.3 Å². The van der Waals surface area contributed by atoms with Crippen molar-refractivity contribution in [2.75, 3.05) is 12.4 Å². The van der Waals surface area contributed by atoms with Crippen molar-refractivity contribution in [1.29, 1.82) is 5.26 Å². The molecule has 0 spiro atoms. The van der Waals surface area contributed by atoms with E-state index in [-0.39, 0.29) is 5.91 Å². The lowest BCUT2D eigenvalue weighted by molar-refractivity contribution is 0.102. The van der Waals surface area contributed by atoms with Crippen molar-refractivity contribution in [3.63, 3.8) is 0 Å². The molecule has 1 N–H and O–H groups in total. The third-order valence-electron chi connectivity index (χ3n) is 5.07. The van der Waals surface area contributed by atoms with Crippen LogP contribution in [0.2, 0.25) is 0 Å². The van der Waals surface area contributed by atoms with Gasteiger partial charge in [0.25, 0.3) is 5.91 Å². The van der Waals surface area contributed by atoms with Crippen molar-refractivity contribution in [3.05, 3.63) is 84.2 Å². The van der Waals surface area contributed by atoms with E-state index >= 15 is 0 Å². The van der Waals surface area contributed by atoms with Gasteiger partial charge >= 0.3 is 0 Å². The summed E-state index contributed by atoms with van der Waals surface area (Å²) in [7, 11) is 1.58. The van der Waals surface area contributed by atoms with E-state index < -0.39 is 0 Å². The average molecular weight is 465 g/mol. The molecule has 9 heteroatoms. The van der Waals surface area contributed by atoms with Crippen LogP contribution in [0.1, 0.15) is 15.9 Å². The number of aromatic nitrogens is 4. The van der Waals surface area contributed by atoms with Gasteiger partial charge in [0.2, 0.25) is 0 Å². The predicted octanol–water partition coefficient (Wildman–Crippen LogP) is 4.95. The number of thiazole rings is 1. The van der Waals surface area contributed by atoms with Crippen LogP contribution >= 0.6 is 11.3 Å². The van der Waals surface area contributed by atoms with Crippen LogP contribution < -0.4 is 10.1 Å². The summed E-state index contributed by atoms with van der Waals surface area (Å²) in [5.41, 5.74) is 4.13. The summed E-state index contributed by atoms with van der Waals surface area (Å²) in [6.07, 6.45) is 3.25. The van der Waals surface area contributed by atoms with Crippen molar-refractivity contribution >= 4 is 32.9 Å². The van der Waals surface area contributed by atoms with Crippen LogP contribution in [0.3, 0.4) is 0 Å². The van der Waals surface area contributed by atoms with E-state index in [9.17, 15) is 4.79 Å². The zero-order valence-electron chi connectivity index (χ0n) is 17.9. The second kappa shape index (κ2) is 9.05.